The summed E-state index contributed by atoms with van der Waals surface area (Å²) in [5.74, 6) is -0.568. The van der Waals surface area contributed by atoms with Crippen molar-refractivity contribution in [3.63, 3.8) is 0 Å². The molecule has 3 aromatic rings. The third kappa shape index (κ3) is 4.36. The van der Waals surface area contributed by atoms with Crippen LogP contribution in [0.5, 0.6) is 5.75 Å². The van der Waals surface area contributed by atoms with Gasteiger partial charge in [0.1, 0.15) is 29.8 Å². The molecule has 0 unspecified atom stereocenters. The van der Waals surface area contributed by atoms with E-state index in [2.05, 4.69) is 10.5 Å². The summed E-state index contributed by atoms with van der Waals surface area (Å²) in [4.78, 5) is 12.5. The van der Waals surface area contributed by atoms with Crippen molar-refractivity contribution in [3.05, 3.63) is 82.2 Å². The summed E-state index contributed by atoms with van der Waals surface area (Å²) in [7, 11) is 0. The average molecular weight is 386 g/mol. The fraction of sp³-hybridized carbons (Fsp3) is 0.238. The van der Waals surface area contributed by atoms with Crippen LogP contribution >= 0.6 is 0 Å². The van der Waals surface area contributed by atoms with Gasteiger partial charge in [-0.2, -0.15) is 0 Å². The van der Waals surface area contributed by atoms with E-state index in [-0.39, 0.29) is 18.1 Å². The van der Waals surface area contributed by atoms with Gasteiger partial charge in [0.25, 0.3) is 5.91 Å². The first-order valence-corrected chi connectivity index (χ1v) is 8.75. The first-order valence-electron chi connectivity index (χ1n) is 8.75. The van der Waals surface area contributed by atoms with Crippen molar-refractivity contribution in [3.8, 4) is 5.75 Å². The van der Waals surface area contributed by atoms with E-state index in [1.54, 1.807) is 38.1 Å². The van der Waals surface area contributed by atoms with Gasteiger partial charge in [-0.05, 0) is 45.0 Å². The molecule has 28 heavy (non-hydrogen) atoms. The van der Waals surface area contributed by atoms with Crippen molar-refractivity contribution < 1.29 is 22.8 Å². The quantitative estimate of drug-likeness (QED) is 0.670. The van der Waals surface area contributed by atoms with E-state index in [4.69, 9.17) is 9.26 Å². The van der Waals surface area contributed by atoms with Gasteiger partial charge >= 0.3 is 0 Å². The summed E-state index contributed by atoms with van der Waals surface area (Å²) in [5, 5.41) is 6.58. The highest BCUT2D eigenvalue weighted by Crippen LogP contribution is 2.21. The van der Waals surface area contributed by atoms with Gasteiger partial charge in [-0.3, -0.25) is 4.79 Å². The number of hydrogen-bond donors (Lipinski definition) is 1. The number of aryl methyl sites for hydroxylation is 2. The topological polar surface area (TPSA) is 64.4 Å². The Morgan fingerprint density at radius 2 is 2.00 bits per heavy atom. The van der Waals surface area contributed by atoms with Gasteiger partial charge in [0, 0.05) is 17.2 Å². The van der Waals surface area contributed by atoms with Gasteiger partial charge < -0.3 is 14.6 Å². The molecule has 0 fully saturated rings. The van der Waals surface area contributed by atoms with Crippen molar-refractivity contribution in [2.75, 3.05) is 0 Å². The summed E-state index contributed by atoms with van der Waals surface area (Å²) in [5.41, 5.74) is 2.18. The average Bonchev–Trinajstić information content (AvgIpc) is 2.98. The largest absolute Gasteiger partial charge is 0.489 e. The Labute approximate surface area is 161 Å². The number of nitrogens with one attached hydrogen (secondary N) is 1. The molecule has 2 aromatic carbocycles. The first-order chi connectivity index (χ1) is 13.3. The Morgan fingerprint density at radius 1 is 1.21 bits per heavy atom. The third-order valence-corrected chi connectivity index (χ3v) is 4.44. The zero-order valence-corrected chi connectivity index (χ0v) is 15.8. The highest BCUT2D eigenvalue weighted by molar-refractivity contribution is 5.94. The van der Waals surface area contributed by atoms with Gasteiger partial charge in [0.15, 0.2) is 0 Å². The van der Waals surface area contributed by atoms with Crippen molar-refractivity contribution in [2.24, 2.45) is 0 Å². The van der Waals surface area contributed by atoms with Crippen molar-refractivity contribution in [2.45, 2.75) is 33.4 Å². The van der Waals surface area contributed by atoms with Crippen LogP contribution in [0.2, 0.25) is 0 Å². The summed E-state index contributed by atoms with van der Waals surface area (Å²) in [6, 6.07) is 9.30. The number of carbonyl (C=O) groups excluding carboxylic acids is 1. The Balaban J connectivity index is 1.68. The van der Waals surface area contributed by atoms with E-state index in [0.29, 0.717) is 17.1 Å². The van der Waals surface area contributed by atoms with Crippen LogP contribution in [0.3, 0.4) is 0 Å². The molecule has 0 saturated heterocycles. The SMILES string of the molecule is Cc1noc(C)c1COc1cccc(C(=O)N[C@H](C)c2ccc(F)cc2F)c1. The zero-order chi connectivity index (χ0) is 20.3. The Morgan fingerprint density at radius 3 is 2.68 bits per heavy atom. The Kier molecular flexibility index (Phi) is 5.73. The van der Waals surface area contributed by atoms with Gasteiger partial charge in [0.2, 0.25) is 0 Å². The maximum Gasteiger partial charge on any atom is 0.251 e. The van der Waals surface area contributed by atoms with Crippen LogP contribution in [0, 0.1) is 25.5 Å². The van der Waals surface area contributed by atoms with Crippen molar-refractivity contribution >= 4 is 5.91 Å². The molecule has 1 amide bonds. The lowest BCUT2D eigenvalue weighted by Gasteiger charge is -2.15. The number of amides is 1. The molecule has 3 rings (SSSR count). The van der Waals surface area contributed by atoms with Crippen LogP contribution in [0.1, 0.15) is 45.9 Å². The summed E-state index contributed by atoms with van der Waals surface area (Å²) >= 11 is 0. The molecule has 0 saturated carbocycles. The van der Waals surface area contributed by atoms with Gasteiger partial charge in [-0.1, -0.05) is 17.3 Å². The molecule has 0 bridgehead atoms. The minimum absolute atomic E-state index is 0.209. The van der Waals surface area contributed by atoms with E-state index < -0.39 is 17.7 Å². The highest BCUT2D eigenvalue weighted by atomic mass is 19.1. The fourth-order valence-corrected chi connectivity index (χ4v) is 2.80. The van der Waals surface area contributed by atoms with Gasteiger partial charge in [-0.25, -0.2) is 8.78 Å². The minimum Gasteiger partial charge on any atom is -0.489 e. The molecule has 0 spiro atoms. The number of rotatable bonds is 6. The van der Waals surface area contributed by atoms with E-state index in [0.717, 1.165) is 23.4 Å². The van der Waals surface area contributed by atoms with E-state index in [9.17, 15) is 13.6 Å². The molecular weight excluding hydrogens is 366 g/mol. The number of carbonyl (C=O) groups is 1. The molecule has 0 aliphatic heterocycles. The molecule has 1 atom stereocenters. The Hall–Kier alpha value is -3.22. The molecule has 0 radical (unpaired) electrons. The second kappa shape index (κ2) is 8.21. The van der Waals surface area contributed by atoms with E-state index in [1.165, 1.54) is 6.07 Å². The molecule has 5 nitrogen and oxygen atoms in total. The molecule has 0 aliphatic carbocycles. The van der Waals surface area contributed by atoms with Crippen LogP contribution in [0.15, 0.2) is 47.0 Å². The summed E-state index contributed by atoms with van der Waals surface area (Å²) < 4.78 is 37.8. The minimum atomic E-state index is -0.704. The van der Waals surface area contributed by atoms with Gasteiger partial charge in [0.05, 0.1) is 17.3 Å². The number of halogens is 2. The Bertz CT molecular complexity index is 982. The number of nitrogens with zero attached hydrogens (tertiary/aromatic N) is 1. The van der Waals surface area contributed by atoms with E-state index >= 15 is 0 Å². The lowest BCUT2D eigenvalue weighted by molar-refractivity contribution is 0.0939. The van der Waals surface area contributed by atoms with Crippen LogP contribution in [0.4, 0.5) is 8.78 Å². The lowest BCUT2D eigenvalue weighted by atomic mass is 10.1. The number of hydrogen-bond acceptors (Lipinski definition) is 4. The smallest absolute Gasteiger partial charge is 0.251 e. The number of ether oxygens (including phenoxy) is 1. The number of benzene rings is 2. The fourth-order valence-electron chi connectivity index (χ4n) is 2.80. The maximum absolute atomic E-state index is 13.9. The van der Waals surface area contributed by atoms with Gasteiger partial charge in [-0.15, -0.1) is 0 Å². The monoisotopic (exact) mass is 386 g/mol. The molecule has 146 valence electrons. The highest BCUT2D eigenvalue weighted by Gasteiger charge is 2.16. The second-order valence-electron chi connectivity index (χ2n) is 6.48. The van der Waals surface area contributed by atoms with Crippen LogP contribution in [-0.2, 0) is 6.61 Å². The second-order valence-corrected chi connectivity index (χ2v) is 6.48. The van der Waals surface area contributed by atoms with Crippen molar-refractivity contribution in [1.29, 1.82) is 0 Å². The third-order valence-electron chi connectivity index (χ3n) is 4.44. The maximum atomic E-state index is 13.9. The molecule has 1 heterocycles. The normalized spacial score (nSPS) is 11.9. The van der Waals surface area contributed by atoms with Crippen LogP contribution in [0.25, 0.3) is 0 Å². The zero-order valence-electron chi connectivity index (χ0n) is 15.8. The molecule has 1 aromatic heterocycles. The predicted molar refractivity (Wildman–Crippen MR) is 99.0 cm³/mol. The first kappa shape index (κ1) is 19.5. The molecule has 1 N–H and O–H groups in total. The molecular formula is C21H20F2N2O3. The summed E-state index contributed by atoms with van der Waals surface area (Å²) in [6.07, 6.45) is 0. The molecule has 7 heteroatoms. The van der Waals surface area contributed by atoms with Crippen LogP contribution in [-0.4, -0.2) is 11.1 Å². The van der Waals surface area contributed by atoms with Crippen molar-refractivity contribution in [1.82, 2.24) is 10.5 Å². The lowest BCUT2D eigenvalue weighted by Crippen LogP contribution is -2.27. The standard InChI is InChI=1S/C21H20F2N2O3/c1-12(18-8-7-16(22)10-20(18)23)24-21(26)15-5-4-6-17(9-15)27-11-19-13(2)25-28-14(19)3/h4-10,12H,11H2,1-3H3,(H,24,26)/t12-/m1/s1. The molecule has 0 aliphatic rings. The summed E-state index contributed by atoms with van der Waals surface area (Å²) in [6.45, 7) is 5.53. The van der Waals surface area contributed by atoms with Crippen LogP contribution < -0.4 is 10.1 Å². The van der Waals surface area contributed by atoms with E-state index in [1.807, 2.05) is 6.92 Å². The predicted octanol–water partition coefficient (Wildman–Crippen LogP) is 4.64. The number of aromatic nitrogens is 1.